The van der Waals surface area contributed by atoms with Crippen molar-refractivity contribution in [2.75, 3.05) is 0 Å². The summed E-state index contributed by atoms with van der Waals surface area (Å²) >= 11 is 0. The molecule has 0 saturated heterocycles. The number of benzene rings is 1. The van der Waals surface area contributed by atoms with E-state index in [0.29, 0.717) is 12.7 Å². The summed E-state index contributed by atoms with van der Waals surface area (Å²) < 4.78 is 0. The van der Waals surface area contributed by atoms with Crippen molar-refractivity contribution in [3.8, 4) is 0 Å². The molecule has 76 valence electrons. The highest BCUT2D eigenvalue weighted by molar-refractivity contribution is 5.77. The third-order valence-corrected chi connectivity index (χ3v) is 2.50. The number of carbonyl (C=O) groups is 1. The van der Waals surface area contributed by atoms with Crippen LogP contribution in [0.15, 0.2) is 48.6 Å². The van der Waals surface area contributed by atoms with Gasteiger partial charge in [-0.05, 0) is 17.2 Å². The number of aldehydes is 1. The summed E-state index contributed by atoms with van der Waals surface area (Å²) in [7, 11) is 0. The van der Waals surface area contributed by atoms with Crippen molar-refractivity contribution in [3.05, 3.63) is 54.1 Å². The highest BCUT2D eigenvalue weighted by Gasteiger charge is 2.26. The SMILES string of the molecule is O=CC1(O)C=CC=C(c2ccccc2)C1. The van der Waals surface area contributed by atoms with Crippen molar-refractivity contribution in [2.45, 2.75) is 12.0 Å². The van der Waals surface area contributed by atoms with Gasteiger partial charge in [-0.15, -0.1) is 0 Å². The Morgan fingerprint density at radius 2 is 2.00 bits per heavy atom. The lowest BCUT2D eigenvalue weighted by Crippen LogP contribution is -2.29. The maximum Gasteiger partial charge on any atom is 0.155 e. The maximum absolute atomic E-state index is 10.7. The first-order valence-electron chi connectivity index (χ1n) is 4.86. The average molecular weight is 200 g/mol. The lowest BCUT2D eigenvalue weighted by Gasteiger charge is -2.22. The summed E-state index contributed by atoms with van der Waals surface area (Å²) in [6, 6.07) is 9.75. The molecule has 2 heteroatoms. The van der Waals surface area contributed by atoms with E-state index >= 15 is 0 Å². The summed E-state index contributed by atoms with van der Waals surface area (Å²) in [5.41, 5.74) is 0.690. The first-order valence-corrected chi connectivity index (χ1v) is 4.86. The van der Waals surface area contributed by atoms with Crippen LogP contribution in [-0.2, 0) is 4.79 Å². The Hall–Kier alpha value is -1.67. The predicted molar refractivity (Wildman–Crippen MR) is 59.2 cm³/mol. The third-order valence-electron chi connectivity index (χ3n) is 2.50. The van der Waals surface area contributed by atoms with Gasteiger partial charge in [-0.2, -0.15) is 0 Å². The number of carbonyl (C=O) groups excluding carboxylic acids is 1. The van der Waals surface area contributed by atoms with Gasteiger partial charge >= 0.3 is 0 Å². The summed E-state index contributed by atoms with van der Waals surface area (Å²) in [6.45, 7) is 0. The molecule has 1 aliphatic carbocycles. The molecule has 0 heterocycles. The quantitative estimate of drug-likeness (QED) is 0.741. The number of rotatable bonds is 2. The molecule has 0 bridgehead atoms. The fraction of sp³-hybridized carbons (Fsp3) is 0.154. The van der Waals surface area contributed by atoms with Crippen LogP contribution in [0.3, 0.4) is 0 Å². The Labute approximate surface area is 88.6 Å². The van der Waals surface area contributed by atoms with Crippen LogP contribution in [0.5, 0.6) is 0 Å². The smallest absolute Gasteiger partial charge is 0.155 e. The van der Waals surface area contributed by atoms with Crippen molar-refractivity contribution in [1.82, 2.24) is 0 Å². The summed E-state index contributed by atoms with van der Waals surface area (Å²) in [5.74, 6) is 0. The van der Waals surface area contributed by atoms with E-state index < -0.39 is 5.60 Å². The molecule has 2 rings (SSSR count). The molecule has 1 aliphatic rings. The van der Waals surface area contributed by atoms with Crippen molar-refractivity contribution in [3.63, 3.8) is 0 Å². The monoisotopic (exact) mass is 200 g/mol. The van der Waals surface area contributed by atoms with Crippen LogP contribution < -0.4 is 0 Å². The van der Waals surface area contributed by atoms with E-state index in [1.807, 2.05) is 36.4 Å². The predicted octanol–water partition coefficient (Wildman–Crippen LogP) is 1.96. The number of hydrogen-bond donors (Lipinski definition) is 1. The van der Waals surface area contributed by atoms with Gasteiger partial charge in [0.25, 0.3) is 0 Å². The second kappa shape index (κ2) is 3.83. The summed E-state index contributed by atoms with van der Waals surface area (Å²) in [5, 5.41) is 9.82. The zero-order chi connectivity index (χ0) is 10.7. The average Bonchev–Trinajstić information content (AvgIpc) is 2.30. The van der Waals surface area contributed by atoms with Gasteiger partial charge in [0.15, 0.2) is 6.29 Å². The minimum Gasteiger partial charge on any atom is -0.378 e. The highest BCUT2D eigenvalue weighted by atomic mass is 16.3. The normalized spacial score (nSPS) is 24.7. The Balaban J connectivity index is 2.30. The van der Waals surface area contributed by atoms with Gasteiger partial charge in [-0.3, -0.25) is 4.79 Å². The zero-order valence-corrected chi connectivity index (χ0v) is 8.26. The summed E-state index contributed by atoms with van der Waals surface area (Å²) in [4.78, 5) is 10.7. The Bertz CT molecular complexity index is 417. The molecule has 1 unspecified atom stereocenters. The molecule has 1 aromatic rings. The van der Waals surface area contributed by atoms with Crippen molar-refractivity contribution >= 4 is 11.9 Å². The first kappa shape index (κ1) is 9.87. The fourth-order valence-electron chi connectivity index (χ4n) is 1.69. The van der Waals surface area contributed by atoms with E-state index in [1.54, 1.807) is 6.08 Å². The molecule has 0 aromatic heterocycles. The molecule has 0 spiro atoms. The van der Waals surface area contributed by atoms with Crippen LogP contribution in [0.1, 0.15) is 12.0 Å². The van der Waals surface area contributed by atoms with Crippen molar-refractivity contribution in [1.29, 1.82) is 0 Å². The van der Waals surface area contributed by atoms with E-state index in [9.17, 15) is 9.90 Å². The van der Waals surface area contributed by atoms with E-state index in [1.165, 1.54) is 6.08 Å². The second-order valence-electron chi connectivity index (χ2n) is 3.70. The molecular formula is C13H12O2. The number of hydrogen-bond acceptors (Lipinski definition) is 2. The van der Waals surface area contributed by atoms with Gasteiger partial charge in [0.1, 0.15) is 5.60 Å². The molecule has 0 fully saturated rings. The molecule has 1 aromatic carbocycles. The lowest BCUT2D eigenvalue weighted by atomic mass is 9.87. The maximum atomic E-state index is 10.7. The molecule has 0 radical (unpaired) electrons. The van der Waals surface area contributed by atoms with Gasteiger partial charge in [0.2, 0.25) is 0 Å². The standard InChI is InChI=1S/C13H12O2/c14-10-13(15)8-4-7-12(9-13)11-5-2-1-3-6-11/h1-8,10,15H,9H2. The Morgan fingerprint density at radius 3 is 2.67 bits per heavy atom. The Kier molecular flexibility index (Phi) is 2.52. The minimum absolute atomic E-state index is 0.344. The van der Waals surface area contributed by atoms with E-state index in [0.717, 1.165) is 11.1 Å². The molecule has 0 aliphatic heterocycles. The van der Waals surface area contributed by atoms with Crippen LogP contribution in [0, 0.1) is 0 Å². The largest absolute Gasteiger partial charge is 0.378 e. The van der Waals surface area contributed by atoms with E-state index in [2.05, 4.69) is 0 Å². The van der Waals surface area contributed by atoms with Crippen LogP contribution in [-0.4, -0.2) is 17.0 Å². The molecule has 0 amide bonds. The molecule has 1 atom stereocenters. The zero-order valence-electron chi connectivity index (χ0n) is 8.26. The molecular weight excluding hydrogens is 188 g/mol. The van der Waals surface area contributed by atoms with Gasteiger partial charge in [-0.25, -0.2) is 0 Å². The Morgan fingerprint density at radius 1 is 1.27 bits per heavy atom. The highest BCUT2D eigenvalue weighted by Crippen LogP contribution is 2.28. The van der Waals surface area contributed by atoms with E-state index in [4.69, 9.17) is 0 Å². The number of allylic oxidation sites excluding steroid dienone is 2. The van der Waals surface area contributed by atoms with Gasteiger partial charge in [0, 0.05) is 6.42 Å². The second-order valence-corrected chi connectivity index (χ2v) is 3.70. The van der Waals surface area contributed by atoms with Crippen LogP contribution in [0.25, 0.3) is 5.57 Å². The lowest BCUT2D eigenvalue weighted by molar-refractivity contribution is -0.119. The van der Waals surface area contributed by atoms with Gasteiger partial charge in [0.05, 0.1) is 0 Å². The van der Waals surface area contributed by atoms with Gasteiger partial charge in [-0.1, -0.05) is 42.5 Å². The molecule has 1 N–H and O–H groups in total. The fourth-order valence-corrected chi connectivity index (χ4v) is 1.69. The van der Waals surface area contributed by atoms with Crippen LogP contribution >= 0.6 is 0 Å². The van der Waals surface area contributed by atoms with Crippen molar-refractivity contribution in [2.24, 2.45) is 0 Å². The topological polar surface area (TPSA) is 37.3 Å². The van der Waals surface area contributed by atoms with Crippen LogP contribution in [0.4, 0.5) is 0 Å². The first-order chi connectivity index (χ1) is 7.23. The molecule has 15 heavy (non-hydrogen) atoms. The van der Waals surface area contributed by atoms with Gasteiger partial charge < -0.3 is 5.11 Å². The van der Waals surface area contributed by atoms with Crippen molar-refractivity contribution < 1.29 is 9.90 Å². The molecule has 0 saturated carbocycles. The van der Waals surface area contributed by atoms with Crippen LogP contribution in [0.2, 0.25) is 0 Å². The third kappa shape index (κ3) is 2.05. The summed E-state index contributed by atoms with van der Waals surface area (Å²) in [6.07, 6.45) is 6.09. The minimum atomic E-state index is -1.33. The number of aliphatic hydroxyl groups is 1. The molecule has 2 nitrogen and oxygen atoms in total. The van der Waals surface area contributed by atoms with E-state index in [-0.39, 0.29) is 0 Å².